The first-order valence-electron chi connectivity index (χ1n) is 6.46. The molecule has 0 spiro atoms. The van der Waals surface area contributed by atoms with E-state index in [-0.39, 0.29) is 5.69 Å². The van der Waals surface area contributed by atoms with E-state index >= 15 is 0 Å². The van der Waals surface area contributed by atoms with Crippen molar-refractivity contribution < 1.29 is 9.53 Å². The first-order valence-corrected chi connectivity index (χ1v) is 6.46. The van der Waals surface area contributed by atoms with Gasteiger partial charge in [0.2, 0.25) is 0 Å². The van der Waals surface area contributed by atoms with Gasteiger partial charge >= 0.3 is 5.97 Å². The average Bonchev–Trinajstić information content (AvgIpc) is 2.53. The number of esters is 1. The molecule has 0 amide bonds. The second kappa shape index (κ2) is 5.28. The molecule has 1 aromatic carbocycles. The first-order chi connectivity index (χ1) is 10.2. The van der Waals surface area contributed by atoms with Crippen LogP contribution >= 0.6 is 0 Å². The summed E-state index contributed by atoms with van der Waals surface area (Å²) in [5.41, 5.74) is 2.62. The van der Waals surface area contributed by atoms with E-state index in [1.807, 2.05) is 37.3 Å². The molecule has 0 saturated heterocycles. The molecule has 5 heteroatoms. The molecule has 0 aliphatic carbocycles. The quantitative estimate of drug-likeness (QED) is 0.675. The van der Waals surface area contributed by atoms with Crippen LogP contribution in [0.25, 0.3) is 22.3 Å². The van der Waals surface area contributed by atoms with Crippen molar-refractivity contribution in [1.29, 1.82) is 0 Å². The average molecular weight is 279 g/mol. The minimum atomic E-state index is -0.476. The standard InChI is InChI=1S/C16H13N3O2/c1-10-7-14(16(20)21-2)19-15(18-10)12-8-11-5-3-4-6-13(11)17-9-12/h3-9H,1-2H3. The smallest absolute Gasteiger partial charge is 0.356 e. The van der Waals surface area contributed by atoms with Crippen LogP contribution in [-0.2, 0) is 4.74 Å². The van der Waals surface area contributed by atoms with Crippen LogP contribution in [0.3, 0.4) is 0 Å². The van der Waals surface area contributed by atoms with Gasteiger partial charge in [-0.2, -0.15) is 0 Å². The number of aryl methyl sites for hydroxylation is 1. The predicted molar refractivity (Wildman–Crippen MR) is 78.8 cm³/mol. The summed E-state index contributed by atoms with van der Waals surface area (Å²) in [4.78, 5) is 24.6. The number of aromatic nitrogens is 3. The minimum absolute atomic E-state index is 0.244. The molecule has 0 N–H and O–H groups in total. The summed E-state index contributed by atoms with van der Waals surface area (Å²) in [6.45, 7) is 1.81. The lowest BCUT2D eigenvalue weighted by molar-refractivity contribution is 0.0594. The zero-order valence-electron chi connectivity index (χ0n) is 11.7. The molecule has 3 rings (SSSR count). The maximum absolute atomic E-state index is 11.6. The summed E-state index contributed by atoms with van der Waals surface area (Å²) in [6.07, 6.45) is 1.71. The molecule has 0 aliphatic rings. The molecular formula is C16H13N3O2. The number of carbonyl (C=O) groups excluding carboxylic acids is 1. The number of ether oxygens (including phenoxy) is 1. The van der Waals surface area contributed by atoms with Crippen LogP contribution in [0, 0.1) is 6.92 Å². The molecule has 2 heterocycles. The van der Waals surface area contributed by atoms with E-state index in [4.69, 9.17) is 4.74 Å². The SMILES string of the molecule is COC(=O)c1cc(C)nc(-c2cnc3ccccc3c2)n1. The normalized spacial score (nSPS) is 10.6. The molecule has 0 saturated carbocycles. The Morgan fingerprint density at radius 2 is 1.95 bits per heavy atom. The van der Waals surface area contributed by atoms with Gasteiger partial charge < -0.3 is 4.74 Å². The van der Waals surface area contributed by atoms with Gasteiger partial charge in [0.15, 0.2) is 11.5 Å². The zero-order chi connectivity index (χ0) is 14.8. The van der Waals surface area contributed by atoms with E-state index in [0.717, 1.165) is 16.5 Å². The molecule has 0 atom stereocenters. The molecule has 3 aromatic rings. The number of methoxy groups -OCH3 is 1. The molecule has 21 heavy (non-hydrogen) atoms. The van der Waals surface area contributed by atoms with E-state index in [1.54, 1.807) is 12.3 Å². The van der Waals surface area contributed by atoms with Crippen molar-refractivity contribution in [3.05, 3.63) is 54.0 Å². The van der Waals surface area contributed by atoms with Crippen molar-refractivity contribution in [2.45, 2.75) is 6.92 Å². The third-order valence-electron chi connectivity index (χ3n) is 3.10. The molecule has 2 aromatic heterocycles. The van der Waals surface area contributed by atoms with Crippen LogP contribution in [0.1, 0.15) is 16.2 Å². The van der Waals surface area contributed by atoms with Crippen molar-refractivity contribution in [2.75, 3.05) is 7.11 Å². The second-order valence-corrected chi connectivity index (χ2v) is 4.63. The monoisotopic (exact) mass is 279 g/mol. The Morgan fingerprint density at radius 3 is 2.76 bits per heavy atom. The molecule has 5 nitrogen and oxygen atoms in total. The van der Waals surface area contributed by atoms with Gasteiger partial charge in [-0.25, -0.2) is 14.8 Å². The Labute approximate surface area is 121 Å². The van der Waals surface area contributed by atoms with Crippen LogP contribution < -0.4 is 0 Å². The summed E-state index contributed by atoms with van der Waals surface area (Å²) < 4.78 is 4.71. The third kappa shape index (κ3) is 2.58. The fraction of sp³-hybridized carbons (Fsp3) is 0.125. The molecule has 0 bridgehead atoms. The summed E-state index contributed by atoms with van der Waals surface area (Å²) in [5.74, 6) is -0.0100. The van der Waals surface area contributed by atoms with E-state index in [1.165, 1.54) is 7.11 Å². The van der Waals surface area contributed by atoms with Gasteiger partial charge in [0, 0.05) is 22.8 Å². The highest BCUT2D eigenvalue weighted by Gasteiger charge is 2.12. The number of benzene rings is 1. The molecule has 0 fully saturated rings. The van der Waals surface area contributed by atoms with Crippen LogP contribution in [0.2, 0.25) is 0 Å². The highest BCUT2D eigenvalue weighted by molar-refractivity contribution is 5.88. The Hall–Kier alpha value is -2.82. The first kappa shape index (κ1) is 13.2. The largest absolute Gasteiger partial charge is 0.464 e. The maximum atomic E-state index is 11.6. The van der Waals surface area contributed by atoms with Crippen molar-refractivity contribution in [1.82, 2.24) is 15.0 Å². The number of hydrogen-bond acceptors (Lipinski definition) is 5. The van der Waals surface area contributed by atoms with E-state index < -0.39 is 5.97 Å². The second-order valence-electron chi connectivity index (χ2n) is 4.63. The number of carbonyl (C=O) groups is 1. The van der Waals surface area contributed by atoms with Gasteiger partial charge in [-0.3, -0.25) is 4.98 Å². The minimum Gasteiger partial charge on any atom is -0.464 e. The molecule has 0 radical (unpaired) electrons. The number of pyridine rings is 1. The highest BCUT2D eigenvalue weighted by Crippen LogP contribution is 2.20. The number of hydrogen-bond donors (Lipinski definition) is 0. The van der Waals surface area contributed by atoms with Gasteiger partial charge in [0.1, 0.15) is 0 Å². The number of nitrogens with zero attached hydrogens (tertiary/aromatic N) is 3. The Kier molecular flexibility index (Phi) is 3.31. The summed E-state index contributed by atoms with van der Waals surface area (Å²) in [5, 5.41) is 1.000. The fourth-order valence-corrected chi connectivity index (χ4v) is 2.10. The summed E-state index contributed by atoms with van der Waals surface area (Å²) >= 11 is 0. The Bertz CT molecular complexity index is 831. The van der Waals surface area contributed by atoms with E-state index in [2.05, 4.69) is 15.0 Å². The van der Waals surface area contributed by atoms with E-state index in [0.29, 0.717) is 11.5 Å². The Balaban J connectivity index is 2.13. The lowest BCUT2D eigenvalue weighted by atomic mass is 10.1. The molecule has 0 unspecified atom stereocenters. The van der Waals surface area contributed by atoms with Crippen LogP contribution in [0.5, 0.6) is 0 Å². The van der Waals surface area contributed by atoms with Crippen molar-refractivity contribution >= 4 is 16.9 Å². The van der Waals surface area contributed by atoms with Crippen LogP contribution in [0.15, 0.2) is 42.6 Å². The lowest BCUT2D eigenvalue weighted by Crippen LogP contribution is -2.07. The van der Waals surface area contributed by atoms with Gasteiger partial charge in [-0.1, -0.05) is 18.2 Å². The van der Waals surface area contributed by atoms with Crippen molar-refractivity contribution in [3.8, 4) is 11.4 Å². The maximum Gasteiger partial charge on any atom is 0.356 e. The lowest BCUT2D eigenvalue weighted by Gasteiger charge is -2.05. The summed E-state index contributed by atoms with van der Waals surface area (Å²) in [6, 6.07) is 11.4. The third-order valence-corrected chi connectivity index (χ3v) is 3.10. The zero-order valence-corrected chi connectivity index (χ0v) is 11.7. The molecule has 104 valence electrons. The fourth-order valence-electron chi connectivity index (χ4n) is 2.10. The van der Waals surface area contributed by atoms with Crippen LogP contribution in [0.4, 0.5) is 0 Å². The van der Waals surface area contributed by atoms with Gasteiger partial charge in [-0.05, 0) is 25.1 Å². The highest BCUT2D eigenvalue weighted by atomic mass is 16.5. The van der Waals surface area contributed by atoms with E-state index in [9.17, 15) is 4.79 Å². The Morgan fingerprint density at radius 1 is 1.14 bits per heavy atom. The molecular weight excluding hydrogens is 266 g/mol. The van der Waals surface area contributed by atoms with Gasteiger partial charge in [-0.15, -0.1) is 0 Å². The number of rotatable bonds is 2. The van der Waals surface area contributed by atoms with Gasteiger partial charge in [0.05, 0.1) is 12.6 Å². The van der Waals surface area contributed by atoms with Gasteiger partial charge in [0.25, 0.3) is 0 Å². The predicted octanol–water partition coefficient (Wildman–Crippen LogP) is 2.79. The van der Waals surface area contributed by atoms with Crippen LogP contribution in [-0.4, -0.2) is 28.0 Å². The topological polar surface area (TPSA) is 65.0 Å². The number of fused-ring (bicyclic) bond motifs is 1. The van der Waals surface area contributed by atoms with Crippen molar-refractivity contribution in [2.24, 2.45) is 0 Å². The molecule has 0 aliphatic heterocycles. The number of para-hydroxylation sites is 1. The summed E-state index contributed by atoms with van der Waals surface area (Å²) in [7, 11) is 1.33. The van der Waals surface area contributed by atoms with Crippen molar-refractivity contribution in [3.63, 3.8) is 0 Å².